The number of aliphatic hydroxyl groups excluding tert-OH is 4. The van der Waals surface area contributed by atoms with Crippen LogP contribution in [0.4, 0.5) is 0 Å². The number of carbonyl (C=O) groups excluding carboxylic acids is 1. The third-order valence-electron chi connectivity index (χ3n) is 11.3. The minimum atomic E-state index is -1.54. The van der Waals surface area contributed by atoms with Crippen molar-refractivity contribution in [3.63, 3.8) is 0 Å². The first-order valence-electron chi connectivity index (χ1n) is 24.6. The second-order valence-corrected chi connectivity index (χ2v) is 16.9. The van der Waals surface area contributed by atoms with E-state index in [1.54, 1.807) is 0 Å². The number of ether oxygens (including phenoxy) is 4. The van der Waals surface area contributed by atoms with Crippen LogP contribution in [0.5, 0.6) is 0 Å². The van der Waals surface area contributed by atoms with Crippen LogP contribution in [0.15, 0.2) is 36.5 Å². The van der Waals surface area contributed by atoms with Gasteiger partial charge in [-0.25, -0.2) is 0 Å². The van der Waals surface area contributed by atoms with E-state index in [-0.39, 0.29) is 19.2 Å². The van der Waals surface area contributed by atoms with Gasteiger partial charge in [-0.1, -0.05) is 172 Å². The predicted octanol–water partition coefficient (Wildman–Crippen LogP) is 11.5. The third-order valence-corrected chi connectivity index (χ3v) is 11.3. The van der Waals surface area contributed by atoms with Crippen molar-refractivity contribution >= 4 is 5.97 Å². The average molecular weight is 837 g/mol. The molecule has 1 aliphatic heterocycles. The van der Waals surface area contributed by atoms with Crippen LogP contribution in [0.25, 0.3) is 0 Å². The van der Waals surface area contributed by atoms with Gasteiger partial charge in [0.15, 0.2) is 6.29 Å². The number of carbonyl (C=O) groups is 1. The highest BCUT2D eigenvalue weighted by Gasteiger charge is 2.44. The molecular weight excluding hydrogens is 745 g/mol. The van der Waals surface area contributed by atoms with Crippen molar-refractivity contribution in [3.8, 4) is 0 Å². The van der Waals surface area contributed by atoms with Gasteiger partial charge in [-0.15, -0.1) is 0 Å². The van der Waals surface area contributed by atoms with Crippen molar-refractivity contribution < 1.29 is 44.2 Å². The van der Waals surface area contributed by atoms with Crippen molar-refractivity contribution in [2.45, 2.75) is 250 Å². The molecule has 0 spiro atoms. The van der Waals surface area contributed by atoms with Crippen LogP contribution in [0.1, 0.15) is 213 Å². The molecule has 0 aromatic heterocycles. The number of hydrogen-bond acceptors (Lipinski definition) is 9. The monoisotopic (exact) mass is 837 g/mol. The Balaban J connectivity index is 2.23. The molecule has 9 heteroatoms. The lowest BCUT2D eigenvalue weighted by Gasteiger charge is -2.39. The topological polar surface area (TPSA) is 135 Å². The Kier molecular flexibility index (Phi) is 39.2. The Morgan fingerprint density at radius 3 is 1.51 bits per heavy atom. The van der Waals surface area contributed by atoms with E-state index < -0.39 is 43.4 Å². The van der Waals surface area contributed by atoms with Gasteiger partial charge < -0.3 is 39.4 Å². The van der Waals surface area contributed by atoms with E-state index in [1.807, 2.05) is 0 Å². The molecule has 9 nitrogen and oxygen atoms in total. The fourth-order valence-electron chi connectivity index (χ4n) is 7.40. The maximum atomic E-state index is 12.8. The number of esters is 1. The van der Waals surface area contributed by atoms with Gasteiger partial charge in [0.2, 0.25) is 0 Å². The Labute approximate surface area is 361 Å². The molecule has 4 N–H and O–H groups in total. The molecule has 0 aromatic rings. The molecule has 1 fully saturated rings. The summed E-state index contributed by atoms with van der Waals surface area (Å²) in [6.45, 7) is 4.54. The van der Waals surface area contributed by atoms with Crippen LogP contribution >= 0.6 is 0 Å². The molecule has 346 valence electrons. The average Bonchev–Trinajstić information content (AvgIpc) is 3.24. The van der Waals surface area contributed by atoms with Crippen LogP contribution in [-0.2, 0) is 23.7 Å². The fraction of sp³-hybridized carbons (Fsp3) is 0.860. The van der Waals surface area contributed by atoms with Crippen molar-refractivity contribution in [2.24, 2.45) is 0 Å². The van der Waals surface area contributed by atoms with Crippen molar-refractivity contribution in [3.05, 3.63) is 36.5 Å². The summed E-state index contributed by atoms with van der Waals surface area (Å²) < 4.78 is 22.9. The minimum Gasteiger partial charge on any atom is -0.457 e. The second-order valence-electron chi connectivity index (χ2n) is 16.9. The highest BCUT2D eigenvalue weighted by Crippen LogP contribution is 2.23. The Bertz CT molecular complexity index is 999. The Morgan fingerprint density at radius 2 is 0.983 bits per heavy atom. The summed E-state index contributed by atoms with van der Waals surface area (Å²) in [7, 11) is 0. The Morgan fingerprint density at radius 1 is 0.542 bits per heavy atom. The maximum Gasteiger partial charge on any atom is 0.306 e. The lowest BCUT2D eigenvalue weighted by molar-refractivity contribution is -0.305. The molecule has 0 amide bonds. The molecule has 1 aliphatic rings. The standard InChI is InChI=1S/C50H92O9/c1-3-5-7-9-11-13-15-17-19-21-22-24-26-28-30-32-34-36-38-40-56-42-44(43-57-50-49(55)48(54)47(53)45(41-51)59-50)58-46(52)39-37-35-33-31-29-27-25-23-20-18-16-14-12-10-8-6-4-2/h12,14,18-21,44-45,47-51,53-55H,3-11,13,15-17,22-43H2,1-2H3/b14-12-,20-18-,21-19-. The summed E-state index contributed by atoms with van der Waals surface area (Å²) in [5.41, 5.74) is 0. The quantitative estimate of drug-likeness (QED) is 0.0269. The van der Waals surface area contributed by atoms with Gasteiger partial charge in [-0.05, 0) is 70.6 Å². The maximum absolute atomic E-state index is 12.8. The summed E-state index contributed by atoms with van der Waals surface area (Å²) in [4.78, 5) is 12.8. The van der Waals surface area contributed by atoms with Crippen LogP contribution in [0.3, 0.4) is 0 Å². The predicted molar refractivity (Wildman–Crippen MR) is 242 cm³/mol. The van der Waals surface area contributed by atoms with Gasteiger partial charge in [-0.3, -0.25) is 4.79 Å². The van der Waals surface area contributed by atoms with Crippen molar-refractivity contribution in [1.29, 1.82) is 0 Å². The van der Waals surface area contributed by atoms with Crippen molar-refractivity contribution in [1.82, 2.24) is 0 Å². The van der Waals surface area contributed by atoms with Crippen LogP contribution < -0.4 is 0 Å². The first-order chi connectivity index (χ1) is 28.9. The van der Waals surface area contributed by atoms with E-state index in [4.69, 9.17) is 18.9 Å². The first kappa shape index (κ1) is 55.4. The lowest BCUT2D eigenvalue weighted by atomic mass is 9.99. The smallest absolute Gasteiger partial charge is 0.306 e. The summed E-state index contributed by atoms with van der Waals surface area (Å²) in [5, 5.41) is 40.2. The normalized spacial score (nSPS) is 20.4. The van der Waals surface area contributed by atoms with E-state index in [1.165, 1.54) is 148 Å². The number of hydrogen-bond donors (Lipinski definition) is 4. The largest absolute Gasteiger partial charge is 0.457 e. The molecule has 0 saturated carbocycles. The third kappa shape index (κ3) is 32.7. The van der Waals surface area contributed by atoms with Crippen LogP contribution in [0, 0.1) is 0 Å². The van der Waals surface area contributed by atoms with Gasteiger partial charge in [0, 0.05) is 13.0 Å². The molecule has 6 unspecified atom stereocenters. The number of allylic oxidation sites excluding steroid dienone is 6. The summed E-state index contributed by atoms with van der Waals surface area (Å²) in [5.74, 6) is -0.321. The zero-order valence-corrected chi connectivity index (χ0v) is 38.0. The molecule has 1 heterocycles. The van der Waals surface area contributed by atoms with Crippen LogP contribution in [0.2, 0.25) is 0 Å². The molecule has 59 heavy (non-hydrogen) atoms. The number of rotatable bonds is 42. The molecule has 0 bridgehead atoms. The minimum absolute atomic E-state index is 0.117. The van der Waals surface area contributed by atoms with Crippen LogP contribution in [-0.4, -0.2) is 89.6 Å². The first-order valence-corrected chi connectivity index (χ1v) is 24.6. The zero-order chi connectivity index (χ0) is 42.9. The zero-order valence-electron chi connectivity index (χ0n) is 38.0. The van der Waals surface area contributed by atoms with Gasteiger partial charge in [-0.2, -0.15) is 0 Å². The fourth-order valence-corrected chi connectivity index (χ4v) is 7.40. The molecule has 1 saturated heterocycles. The summed E-state index contributed by atoms with van der Waals surface area (Å²) in [6, 6.07) is 0. The Hall–Kier alpha value is -1.59. The van der Waals surface area contributed by atoms with Gasteiger partial charge in [0.25, 0.3) is 0 Å². The summed E-state index contributed by atoms with van der Waals surface area (Å²) >= 11 is 0. The van der Waals surface area contributed by atoms with E-state index in [0.29, 0.717) is 13.0 Å². The highest BCUT2D eigenvalue weighted by atomic mass is 16.7. The van der Waals surface area contributed by atoms with Gasteiger partial charge in [0.1, 0.15) is 30.5 Å². The number of aliphatic hydroxyl groups is 4. The SMILES string of the molecule is CCCCC/C=C\C/C=C\CCCCCCCCCC(=O)OC(COCCCCCCCCCC/C=C\CCCCCCCCC)COC1OC(CO)C(O)C(O)C1O. The van der Waals surface area contributed by atoms with Gasteiger partial charge >= 0.3 is 5.97 Å². The highest BCUT2D eigenvalue weighted by molar-refractivity contribution is 5.69. The molecular formula is C50H92O9. The lowest BCUT2D eigenvalue weighted by Crippen LogP contribution is -2.59. The molecule has 6 atom stereocenters. The van der Waals surface area contributed by atoms with Crippen molar-refractivity contribution in [2.75, 3.05) is 26.4 Å². The molecule has 0 aliphatic carbocycles. The van der Waals surface area contributed by atoms with Gasteiger partial charge in [0.05, 0.1) is 19.8 Å². The second kappa shape index (κ2) is 41.7. The van der Waals surface area contributed by atoms with E-state index in [0.717, 1.165) is 44.9 Å². The van der Waals surface area contributed by atoms with E-state index in [9.17, 15) is 25.2 Å². The molecule has 1 rings (SSSR count). The molecule has 0 aromatic carbocycles. The number of unbranched alkanes of at least 4 members (excludes halogenated alkanes) is 25. The van der Waals surface area contributed by atoms with E-state index >= 15 is 0 Å². The molecule has 0 radical (unpaired) electrons. The summed E-state index contributed by atoms with van der Waals surface area (Å²) in [6.07, 6.45) is 43.1. The van der Waals surface area contributed by atoms with E-state index in [2.05, 4.69) is 50.3 Å².